The zero-order valence-electron chi connectivity index (χ0n) is 10.1. The summed E-state index contributed by atoms with van der Waals surface area (Å²) in [6.07, 6.45) is 0.786. The molecule has 1 aromatic carbocycles. The zero-order chi connectivity index (χ0) is 12.5. The monoisotopic (exact) mass is 254 g/mol. The SMILES string of the molecule is CC1(O)CCN(C(CN)c2ccccc2Cl)C1. The van der Waals surface area contributed by atoms with Gasteiger partial charge < -0.3 is 10.8 Å². The van der Waals surface area contributed by atoms with Crippen molar-refractivity contribution in [2.24, 2.45) is 5.73 Å². The van der Waals surface area contributed by atoms with Crippen molar-refractivity contribution in [1.82, 2.24) is 4.90 Å². The van der Waals surface area contributed by atoms with E-state index in [9.17, 15) is 5.11 Å². The van der Waals surface area contributed by atoms with Gasteiger partial charge in [0.15, 0.2) is 0 Å². The van der Waals surface area contributed by atoms with Crippen LogP contribution in [0.2, 0.25) is 5.02 Å². The molecule has 4 heteroatoms. The molecule has 1 saturated heterocycles. The van der Waals surface area contributed by atoms with Gasteiger partial charge in [0.05, 0.1) is 5.60 Å². The minimum atomic E-state index is -0.603. The van der Waals surface area contributed by atoms with Gasteiger partial charge in [0, 0.05) is 30.7 Å². The molecule has 2 rings (SSSR count). The number of nitrogens with two attached hydrogens (primary N) is 1. The molecule has 1 aliphatic rings. The number of nitrogens with zero attached hydrogens (tertiary/aromatic N) is 1. The van der Waals surface area contributed by atoms with Gasteiger partial charge in [-0.3, -0.25) is 4.90 Å². The Morgan fingerprint density at radius 2 is 2.24 bits per heavy atom. The van der Waals surface area contributed by atoms with E-state index in [1.165, 1.54) is 0 Å². The van der Waals surface area contributed by atoms with Gasteiger partial charge in [-0.25, -0.2) is 0 Å². The maximum Gasteiger partial charge on any atom is 0.0758 e. The Morgan fingerprint density at radius 1 is 1.53 bits per heavy atom. The van der Waals surface area contributed by atoms with E-state index in [1.54, 1.807) is 0 Å². The molecule has 0 spiro atoms. The van der Waals surface area contributed by atoms with Crippen LogP contribution in [0, 0.1) is 0 Å². The number of aliphatic hydroxyl groups is 1. The number of β-amino-alcohol motifs (C(OH)–C–C–N with tert-alkyl or cyclic N) is 1. The van der Waals surface area contributed by atoms with Crippen LogP contribution in [0.5, 0.6) is 0 Å². The average molecular weight is 255 g/mol. The van der Waals surface area contributed by atoms with Crippen LogP contribution >= 0.6 is 11.6 Å². The minimum Gasteiger partial charge on any atom is -0.389 e. The van der Waals surface area contributed by atoms with Crippen molar-refractivity contribution in [3.05, 3.63) is 34.9 Å². The summed E-state index contributed by atoms with van der Waals surface area (Å²) in [5.74, 6) is 0. The first-order valence-electron chi connectivity index (χ1n) is 5.94. The molecule has 0 aromatic heterocycles. The lowest BCUT2D eigenvalue weighted by Gasteiger charge is -2.28. The molecule has 1 aromatic rings. The lowest BCUT2D eigenvalue weighted by atomic mass is 10.0. The molecule has 3 N–H and O–H groups in total. The molecule has 2 atom stereocenters. The highest BCUT2D eigenvalue weighted by molar-refractivity contribution is 6.31. The van der Waals surface area contributed by atoms with Crippen LogP contribution in [0.1, 0.15) is 24.9 Å². The topological polar surface area (TPSA) is 49.5 Å². The minimum absolute atomic E-state index is 0.0951. The summed E-state index contributed by atoms with van der Waals surface area (Å²) in [7, 11) is 0. The van der Waals surface area contributed by atoms with Gasteiger partial charge in [0.25, 0.3) is 0 Å². The van der Waals surface area contributed by atoms with Crippen LogP contribution in [0.15, 0.2) is 24.3 Å². The Labute approximate surface area is 107 Å². The number of rotatable bonds is 3. The molecular weight excluding hydrogens is 236 g/mol. The molecule has 0 amide bonds. The van der Waals surface area contributed by atoms with Gasteiger partial charge in [-0.2, -0.15) is 0 Å². The van der Waals surface area contributed by atoms with Crippen LogP contribution in [-0.2, 0) is 0 Å². The summed E-state index contributed by atoms with van der Waals surface area (Å²) in [4.78, 5) is 2.21. The normalized spacial score (nSPS) is 27.3. The second-order valence-electron chi connectivity index (χ2n) is 4.99. The first-order valence-corrected chi connectivity index (χ1v) is 6.32. The van der Waals surface area contributed by atoms with Gasteiger partial charge >= 0.3 is 0 Å². The van der Waals surface area contributed by atoms with E-state index < -0.39 is 5.60 Å². The Hall–Kier alpha value is -0.610. The number of hydrogen-bond acceptors (Lipinski definition) is 3. The van der Waals surface area contributed by atoms with E-state index in [0.717, 1.165) is 23.6 Å². The summed E-state index contributed by atoms with van der Waals surface area (Å²) in [5.41, 5.74) is 6.31. The summed E-state index contributed by atoms with van der Waals surface area (Å²) in [5, 5.41) is 10.8. The highest BCUT2D eigenvalue weighted by atomic mass is 35.5. The summed E-state index contributed by atoms with van der Waals surface area (Å²) in [6, 6.07) is 7.87. The summed E-state index contributed by atoms with van der Waals surface area (Å²) in [6.45, 7) is 3.90. The lowest BCUT2D eigenvalue weighted by Crippen LogP contribution is -2.35. The summed E-state index contributed by atoms with van der Waals surface area (Å²) < 4.78 is 0. The van der Waals surface area contributed by atoms with Crippen molar-refractivity contribution in [3.63, 3.8) is 0 Å². The van der Waals surface area contributed by atoms with Crippen molar-refractivity contribution in [1.29, 1.82) is 0 Å². The Kier molecular flexibility index (Phi) is 3.73. The number of benzene rings is 1. The van der Waals surface area contributed by atoms with Gasteiger partial charge in [0.1, 0.15) is 0 Å². The van der Waals surface area contributed by atoms with Crippen LogP contribution in [-0.4, -0.2) is 35.2 Å². The van der Waals surface area contributed by atoms with E-state index in [1.807, 2.05) is 31.2 Å². The molecular formula is C13H19ClN2O. The maximum absolute atomic E-state index is 10.0. The third kappa shape index (κ3) is 2.80. The molecule has 1 aliphatic heterocycles. The van der Waals surface area contributed by atoms with Crippen LogP contribution in [0.4, 0.5) is 0 Å². The van der Waals surface area contributed by atoms with Crippen LogP contribution < -0.4 is 5.73 Å². The first kappa shape index (κ1) is 12.8. The third-order valence-electron chi connectivity index (χ3n) is 3.41. The van der Waals surface area contributed by atoms with Gasteiger partial charge in [0.2, 0.25) is 0 Å². The van der Waals surface area contributed by atoms with Crippen LogP contribution in [0.3, 0.4) is 0 Å². The van der Waals surface area contributed by atoms with E-state index in [4.69, 9.17) is 17.3 Å². The number of likely N-dealkylation sites (tertiary alicyclic amines) is 1. The van der Waals surface area contributed by atoms with Crippen molar-refractivity contribution < 1.29 is 5.11 Å². The fourth-order valence-corrected chi connectivity index (χ4v) is 2.73. The van der Waals surface area contributed by atoms with Crippen LogP contribution in [0.25, 0.3) is 0 Å². The molecule has 1 heterocycles. The fraction of sp³-hybridized carbons (Fsp3) is 0.538. The molecule has 0 aliphatic carbocycles. The Bertz CT molecular complexity index is 395. The summed E-state index contributed by atoms with van der Waals surface area (Å²) >= 11 is 6.20. The standard InChI is InChI=1S/C13H19ClN2O/c1-13(17)6-7-16(9-13)12(8-15)10-4-2-3-5-11(10)14/h2-5,12,17H,6-9,15H2,1H3. The highest BCUT2D eigenvalue weighted by Crippen LogP contribution is 2.32. The second-order valence-corrected chi connectivity index (χ2v) is 5.40. The molecule has 0 saturated carbocycles. The molecule has 17 heavy (non-hydrogen) atoms. The van der Waals surface area contributed by atoms with Crippen molar-refractivity contribution in [2.45, 2.75) is 25.0 Å². The lowest BCUT2D eigenvalue weighted by molar-refractivity contribution is 0.0626. The van der Waals surface area contributed by atoms with E-state index in [-0.39, 0.29) is 6.04 Å². The number of halogens is 1. The second kappa shape index (κ2) is 4.94. The number of hydrogen-bond donors (Lipinski definition) is 2. The van der Waals surface area contributed by atoms with Crippen molar-refractivity contribution in [3.8, 4) is 0 Å². The average Bonchev–Trinajstić information content (AvgIpc) is 2.63. The largest absolute Gasteiger partial charge is 0.389 e. The van der Waals surface area contributed by atoms with Crippen molar-refractivity contribution >= 4 is 11.6 Å². The quantitative estimate of drug-likeness (QED) is 0.865. The zero-order valence-corrected chi connectivity index (χ0v) is 10.8. The van der Waals surface area contributed by atoms with E-state index in [2.05, 4.69) is 4.90 Å². The third-order valence-corrected chi connectivity index (χ3v) is 3.75. The van der Waals surface area contributed by atoms with Gasteiger partial charge in [-0.15, -0.1) is 0 Å². The van der Waals surface area contributed by atoms with E-state index >= 15 is 0 Å². The van der Waals surface area contributed by atoms with Crippen molar-refractivity contribution in [2.75, 3.05) is 19.6 Å². The molecule has 3 nitrogen and oxygen atoms in total. The Morgan fingerprint density at radius 3 is 2.76 bits per heavy atom. The molecule has 1 fully saturated rings. The van der Waals surface area contributed by atoms with E-state index in [0.29, 0.717) is 13.1 Å². The Balaban J connectivity index is 2.21. The predicted molar refractivity (Wildman–Crippen MR) is 70.1 cm³/mol. The molecule has 0 radical (unpaired) electrons. The first-order chi connectivity index (χ1) is 8.03. The smallest absolute Gasteiger partial charge is 0.0758 e. The molecule has 0 bridgehead atoms. The van der Waals surface area contributed by atoms with Gasteiger partial charge in [-0.1, -0.05) is 29.8 Å². The predicted octanol–water partition coefficient (Wildman–Crippen LogP) is 1.80. The fourth-order valence-electron chi connectivity index (χ4n) is 2.46. The molecule has 2 unspecified atom stereocenters. The van der Waals surface area contributed by atoms with Gasteiger partial charge in [-0.05, 0) is 25.0 Å². The molecule has 94 valence electrons. The highest BCUT2D eigenvalue weighted by Gasteiger charge is 2.35. The maximum atomic E-state index is 10.0.